The fourth-order valence-corrected chi connectivity index (χ4v) is 2.09. The van der Waals surface area contributed by atoms with Crippen molar-refractivity contribution in [2.45, 2.75) is 12.6 Å². The molecule has 0 unspecified atom stereocenters. The maximum Gasteiger partial charge on any atom is 0.242 e. The van der Waals surface area contributed by atoms with Crippen LogP contribution in [-0.4, -0.2) is 50.8 Å². The van der Waals surface area contributed by atoms with Crippen molar-refractivity contribution in [1.82, 2.24) is 10.2 Å². The second-order valence-corrected chi connectivity index (χ2v) is 4.52. The molecule has 1 heterocycles. The fourth-order valence-electron chi connectivity index (χ4n) is 2.09. The summed E-state index contributed by atoms with van der Waals surface area (Å²) in [5, 5.41) is 2.99. The number of ether oxygens (including phenoxy) is 2. The van der Waals surface area contributed by atoms with Crippen LogP contribution in [0, 0.1) is 0 Å². The van der Waals surface area contributed by atoms with E-state index in [1.54, 1.807) is 14.2 Å². The van der Waals surface area contributed by atoms with Crippen molar-refractivity contribution in [2.75, 3.05) is 33.9 Å². The molecular weight excluding hydrogens is 244 g/mol. The van der Waals surface area contributed by atoms with Crippen LogP contribution in [0.5, 0.6) is 5.75 Å². The van der Waals surface area contributed by atoms with Gasteiger partial charge in [-0.2, -0.15) is 0 Å². The van der Waals surface area contributed by atoms with Crippen LogP contribution in [0.3, 0.4) is 0 Å². The minimum atomic E-state index is -0.249. The number of hydrogen-bond donors (Lipinski definition) is 1. The van der Waals surface area contributed by atoms with Gasteiger partial charge in [0.25, 0.3) is 0 Å². The highest BCUT2D eigenvalue weighted by Gasteiger charge is 2.26. The summed E-state index contributed by atoms with van der Waals surface area (Å²) in [5.74, 6) is 0.915. The van der Waals surface area contributed by atoms with Crippen LogP contribution in [0.15, 0.2) is 24.3 Å². The van der Waals surface area contributed by atoms with E-state index in [4.69, 9.17) is 9.47 Å². The van der Waals surface area contributed by atoms with Gasteiger partial charge in [-0.1, -0.05) is 12.1 Å². The van der Waals surface area contributed by atoms with Crippen LogP contribution in [0.25, 0.3) is 0 Å². The summed E-state index contributed by atoms with van der Waals surface area (Å²) in [6, 6.07) is 7.52. The van der Waals surface area contributed by atoms with Gasteiger partial charge >= 0.3 is 0 Å². The Hall–Kier alpha value is -1.59. The maximum absolute atomic E-state index is 12.3. The van der Waals surface area contributed by atoms with Crippen molar-refractivity contribution in [3.8, 4) is 5.75 Å². The van der Waals surface area contributed by atoms with Crippen molar-refractivity contribution in [3.05, 3.63) is 29.8 Å². The number of carbonyl (C=O) groups excluding carboxylic acids is 1. The third-order valence-corrected chi connectivity index (χ3v) is 3.28. The van der Waals surface area contributed by atoms with Crippen molar-refractivity contribution >= 4 is 5.91 Å². The molecule has 5 nitrogen and oxygen atoms in total. The monoisotopic (exact) mass is 264 g/mol. The molecule has 0 bridgehead atoms. The number of hydrogen-bond acceptors (Lipinski definition) is 4. The molecule has 1 aliphatic rings. The molecule has 1 N–H and O–H groups in total. The van der Waals surface area contributed by atoms with Crippen LogP contribution in [0.1, 0.15) is 5.56 Å². The van der Waals surface area contributed by atoms with Crippen molar-refractivity contribution in [3.63, 3.8) is 0 Å². The predicted molar refractivity (Wildman–Crippen MR) is 72.1 cm³/mol. The van der Waals surface area contributed by atoms with Crippen LogP contribution in [0.2, 0.25) is 0 Å². The summed E-state index contributed by atoms with van der Waals surface area (Å²) < 4.78 is 10.6. The normalized spacial score (nSPS) is 20.2. The average molecular weight is 264 g/mol. The molecule has 0 aliphatic carbocycles. The Labute approximate surface area is 113 Å². The second kappa shape index (κ2) is 6.54. The van der Waals surface area contributed by atoms with Crippen LogP contribution in [-0.2, 0) is 16.1 Å². The first-order valence-corrected chi connectivity index (χ1v) is 6.41. The molecule has 1 amide bonds. The average Bonchev–Trinajstić information content (AvgIpc) is 2.62. The summed E-state index contributed by atoms with van der Waals surface area (Å²) in [4.78, 5) is 14.1. The van der Waals surface area contributed by atoms with E-state index >= 15 is 0 Å². The standard InChI is InChI=1S/C14H20N2O3/c1-15-13-10-19-8-7-16(14(13)17)9-11-3-5-12(18-2)6-4-11/h3-6,13,15H,7-10H2,1-2H3/t13-/m0/s1. The number of nitrogens with zero attached hydrogens (tertiary/aromatic N) is 1. The lowest BCUT2D eigenvalue weighted by Crippen LogP contribution is -2.45. The van der Waals surface area contributed by atoms with Gasteiger partial charge in [-0.15, -0.1) is 0 Å². The van der Waals surface area contributed by atoms with Gasteiger partial charge < -0.3 is 19.7 Å². The molecule has 0 radical (unpaired) electrons. The largest absolute Gasteiger partial charge is 0.497 e. The number of rotatable bonds is 4. The minimum Gasteiger partial charge on any atom is -0.497 e. The van der Waals surface area contributed by atoms with Gasteiger partial charge in [-0.3, -0.25) is 4.79 Å². The third kappa shape index (κ3) is 3.45. The SMILES string of the molecule is CN[C@H]1COCCN(Cc2ccc(OC)cc2)C1=O. The Kier molecular flexibility index (Phi) is 4.76. The first kappa shape index (κ1) is 13.8. The Morgan fingerprint density at radius 3 is 2.79 bits per heavy atom. The van der Waals surface area contributed by atoms with Gasteiger partial charge in [0, 0.05) is 13.1 Å². The summed E-state index contributed by atoms with van der Waals surface area (Å²) in [7, 11) is 3.42. The highest BCUT2D eigenvalue weighted by atomic mass is 16.5. The summed E-state index contributed by atoms with van der Waals surface area (Å²) in [5.41, 5.74) is 1.09. The summed E-state index contributed by atoms with van der Waals surface area (Å²) >= 11 is 0. The number of benzene rings is 1. The zero-order valence-electron chi connectivity index (χ0n) is 11.4. The number of likely N-dealkylation sites (N-methyl/N-ethyl adjacent to an activating group) is 1. The van der Waals surface area contributed by atoms with E-state index in [9.17, 15) is 4.79 Å². The molecule has 0 saturated carbocycles. The molecule has 19 heavy (non-hydrogen) atoms. The Bertz CT molecular complexity index is 419. The number of methoxy groups -OCH3 is 1. The molecular formula is C14H20N2O3. The van der Waals surface area contributed by atoms with Crippen molar-refractivity contribution in [2.24, 2.45) is 0 Å². The summed E-state index contributed by atoms with van der Waals surface area (Å²) in [6.45, 7) is 2.25. The lowest BCUT2D eigenvalue weighted by Gasteiger charge is -2.23. The third-order valence-electron chi connectivity index (χ3n) is 3.28. The molecule has 0 aromatic heterocycles. The molecule has 5 heteroatoms. The van der Waals surface area contributed by atoms with E-state index in [1.165, 1.54) is 0 Å². The molecule has 1 fully saturated rings. The quantitative estimate of drug-likeness (QED) is 0.867. The molecule has 0 spiro atoms. The zero-order chi connectivity index (χ0) is 13.7. The van der Waals surface area contributed by atoms with E-state index in [2.05, 4.69) is 5.32 Å². The molecule has 1 aromatic carbocycles. The Balaban J connectivity index is 2.04. The number of nitrogens with one attached hydrogen (secondary N) is 1. The van der Waals surface area contributed by atoms with Crippen LogP contribution >= 0.6 is 0 Å². The van der Waals surface area contributed by atoms with E-state index in [0.29, 0.717) is 26.3 Å². The zero-order valence-corrected chi connectivity index (χ0v) is 11.4. The highest BCUT2D eigenvalue weighted by molar-refractivity contribution is 5.82. The first-order valence-electron chi connectivity index (χ1n) is 6.41. The molecule has 1 aliphatic heterocycles. The molecule has 1 aromatic rings. The molecule has 104 valence electrons. The maximum atomic E-state index is 12.3. The van der Waals surface area contributed by atoms with Crippen LogP contribution in [0.4, 0.5) is 0 Å². The fraction of sp³-hybridized carbons (Fsp3) is 0.500. The minimum absolute atomic E-state index is 0.0934. The molecule has 1 saturated heterocycles. The van der Waals surface area contributed by atoms with Crippen molar-refractivity contribution < 1.29 is 14.3 Å². The highest BCUT2D eigenvalue weighted by Crippen LogP contribution is 2.14. The second-order valence-electron chi connectivity index (χ2n) is 4.52. The molecule has 2 rings (SSSR count). The van der Waals surface area contributed by atoms with Gasteiger partial charge in [0.2, 0.25) is 5.91 Å². The van der Waals surface area contributed by atoms with E-state index < -0.39 is 0 Å². The molecule has 1 atom stereocenters. The first-order chi connectivity index (χ1) is 9.24. The summed E-state index contributed by atoms with van der Waals surface area (Å²) in [6.07, 6.45) is 0. The van der Waals surface area contributed by atoms with Crippen molar-refractivity contribution in [1.29, 1.82) is 0 Å². The number of carbonyl (C=O) groups is 1. The van der Waals surface area contributed by atoms with Gasteiger partial charge in [0.15, 0.2) is 0 Å². The Morgan fingerprint density at radius 1 is 1.42 bits per heavy atom. The topological polar surface area (TPSA) is 50.8 Å². The lowest BCUT2D eigenvalue weighted by atomic mass is 10.2. The Morgan fingerprint density at radius 2 is 2.16 bits per heavy atom. The van der Waals surface area contributed by atoms with Gasteiger partial charge in [-0.25, -0.2) is 0 Å². The van der Waals surface area contributed by atoms with E-state index in [-0.39, 0.29) is 11.9 Å². The van der Waals surface area contributed by atoms with Gasteiger partial charge in [0.1, 0.15) is 11.8 Å². The van der Waals surface area contributed by atoms with E-state index in [0.717, 1.165) is 11.3 Å². The van der Waals surface area contributed by atoms with Crippen LogP contribution < -0.4 is 10.1 Å². The van der Waals surface area contributed by atoms with Gasteiger partial charge in [-0.05, 0) is 24.7 Å². The van der Waals surface area contributed by atoms with E-state index in [1.807, 2.05) is 29.2 Å². The smallest absolute Gasteiger partial charge is 0.242 e. The predicted octanol–water partition coefficient (Wildman–Crippen LogP) is 0.642. The lowest BCUT2D eigenvalue weighted by molar-refractivity contribution is -0.133. The van der Waals surface area contributed by atoms with Gasteiger partial charge in [0.05, 0.1) is 20.3 Å². The number of amides is 1.